The number of hydrogen-bond donors (Lipinski definition) is 2. The maximum Gasteiger partial charge on any atom is 0.346 e. The normalized spacial score (nSPS) is 30.9. The van der Waals surface area contributed by atoms with Crippen LogP contribution in [-0.2, 0) is 30.3 Å². The molecule has 4 aliphatic rings. The van der Waals surface area contributed by atoms with Gasteiger partial charge in [0.2, 0.25) is 0 Å². The van der Waals surface area contributed by atoms with Crippen molar-refractivity contribution in [2.24, 2.45) is 23.7 Å². The first-order valence-corrected chi connectivity index (χ1v) is 18.7. The molecule has 0 aliphatic heterocycles. The lowest BCUT2D eigenvalue weighted by Gasteiger charge is -2.36. The molecule has 286 valence electrons. The van der Waals surface area contributed by atoms with E-state index in [1.165, 1.54) is 55.0 Å². The summed E-state index contributed by atoms with van der Waals surface area (Å²) in [5, 5.41) is 18.3. The second-order valence-electron chi connectivity index (χ2n) is 14.8. The lowest BCUT2D eigenvalue weighted by Crippen LogP contribution is -2.32. The van der Waals surface area contributed by atoms with Crippen LogP contribution in [0.5, 0.6) is 0 Å². The smallest absolute Gasteiger partial charge is 0.346 e. The summed E-state index contributed by atoms with van der Waals surface area (Å²) in [5.74, 6) is -1.64. The van der Waals surface area contributed by atoms with Crippen molar-refractivity contribution in [2.45, 2.75) is 108 Å². The van der Waals surface area contributed by atoms with E-state index >= 15 is 0 Å². The molecule has 0 unspecified atom stereocenters. The van der Waals surface area contributed by atoms with Crippen molar-refractivity contribution in [2.75, 3.05) is 0 Å². The van der Waals surface area contributed by atoms with Crippen LogP contribution in [0.3, 0.4) is 0 Å². The third-order valence-electron chi connectivity index (χ3n) is 11.4. The quantitative estimate of drug-likeness (QED) is 0.176. The van der Waals surface area contributed by atoms with Gasteiger partial charge in [0.05, 0.1) is 11.8 Å². The van der Waals surface area contributed by atoms with Gasteiger partial charge in [-0.3, -0.25) is 9.59 Å². The molecule has 0 heterocycles. The van der Waals surface area contributed by atoms with Crippen molar-refractivity contribution in [1.29, 1.82) is 0 Å². The summed E-state index contributed by atoms with van der Waals surface area (Å²) in [6.07, 6.45) is 21.4. The number of rotatable bonds is 11. The largest absolute Gasteiger partial charge is 0.481 e. The van der Waals surface area contributed by atoms with Gasteiger partial charge in [-0.15, -0.1) is 0 Å². The Kier molecular flexibility index (Phi) is 13.5. The van der Waals surface area contributed by atoms with Crippen LogP contribution < -0.4 is 0 Å². The summed E-state index contributed by atoms with van der Waals surface area (Å²) in [6.45, 7) is -1.49. The molecule has 2 N–H and O–H groups in total. The van der Waals surface area contributed by atoms with Crippen molar-refractivity contribution >= 4 is 11.9 Å². The Labute approximate surface area is 309 Å². The van der Waals surface area contributed by atoms with Crippen LogP contribution in [0.25, 0.3) is 0 Å². The average molecular weight is 739 g/mol. The highest BCUT2D eigenvalue weighted by molar-refractivity contribution is 5.75. The second-order valence-corrected chi connectivity index (χ2v) is 14.8. The van der Waals surface area contributed by atoms with E-state index in [0.29, 0.717) is 28.9 Å². The number of halogens is 4. The number of carboxylic acid groups (broad SMARTS) is 2. The Morgan fingerprint density at radius 3 is 1.34 bits per heavy atom. The fourth-order valence-corrected chi connectivity index (χ4v) is 8.36. The first-order chi connectivity index (χ1) is 25.4. The van der Waals surface area contributed by atoms with Gasteiger partial charge in [-0.2, -0.15) is 17.6 Å². The zero-order valence-electron chi connectivity index (χ0n) is 30.3. The standard InChI is InChI=1S/C22H26F2O3.C21H24F2O3/c1-2-15-7-9-16(10-8-15)18-5-3-4-6-19(18)22(27-21(23)24)13-11-17(12-14-22)20(25)26;1-14-6-8-15(9-7-14)17-4-2-3-5-18(17)21(26-20(22)23)12-10-16(11-13-21)19(24)25/h3-6,11-17,21H,2,7-10H2,1H3,(H,25,26);2-5,10-16,20H,6-9H2,1H3,(H,24,25)/t15-,16-,17?,22?;14-,15-,16?,21?. The van der Waals surface area contributed by atoms with Crippen LogP contribution in [0, 0.1) is 23.7 Å². The number of benzene rings is 2. The summed E-state index contributed by atoms with van der Waals surface area (Å²) in [7, 11) is 0. The molecule has 6 rings (SSSR count). The minimum absolute atomic E-state index is 0.305. The molecule has 0 radical (unpaired) electrons. The monoisotopic (exact) mass is 738 g/mol. The molecule has 0 spiro atoms. The number of ether oxygens (including phenoxy) is 2. The van der Waals surface area contributed by atoms with Gasteiger partial charge in [0.25, 0.3) is 0 Å². The predicted octanol–water partition coefficient (Wildman–Crippen LogP) is 10.9. The molecular weight excluding hydrogens is 688 g/mol. The number of carboxylic acids is 2. The third kappa shape index (κ3) is 9.75. The average Bonchev–Trinajstić information content (AvgIpc) is 3.15. The molecule has 0 atom stereocenters. The highest BCUT2D eigenvalue weighted by atomic mass is 19.3. The van der Waals surface area contributed by atoms with E-state index in [-0.39, 0.29) is 0 Å². The lowest BCUT2D eigenvalue weighted by molar-refractivity contribution is -0.181. The van der Waals surface area contributed by atoms with E-state index in [9.17, 15) is 32.3 Å². The molecule has 0 bridgehead atoms. The van der Waals surface area contributed by atoms with Crippen molar-refractivity contribution in [3.05, 3.63) is 119 Å². The molecule has 10 heteroatoms. The van der Waals surface area contributed by atoms with Crippen LogP contribution in [-0.4, -0.2) is 35.4 Å². The summed E-state index contributed by atoms with van der Waals surface area (Å²) in [4.78, 5) is 22.4. The first-order valence-electron chi connectivity index (χ1n) is 18.7. The molecule has 4 aliphatic carbocycles. The highest BCUT2D eigenvalue weighted by Crippen LogP contribution is 2.45. The second kappa shape index (κ2) is 17.9. The molecule has 6 nitrogen and oxygen atoms in total. The Bertz CT molecular complexity index is 1640. The van der Waals surface area contributed by atoms with E-state index in [2.05, 4.69) is 13.8 Å². The van der Waals surface area contributed by atoms with E-state index in [1.807, 2.05) is 48.5 Å². The van der Waals surface area contributed by atoms with Gasteiger partial charge < -0.3 is 19.7 Å². The predicted molar refractivity (Wildman–Crippen MR) is 195 cm³/mol. The van der Waals surface area contributed by atoms with Gasteiger partial charge in [0.1, 0.15) is 11.2 Å². The number of alkyl halides is 4. The van der Waals surface area contributed by atoms with E-state index in [1.54, 1.807) is 0 Å². The van der Waals surface area contributed by atoms with E-state index in [4.69, 9.17) is 14.6 Å². The number of carbonyl (C=O) groups is 2. The van der Waals surface area contributed by atoms with Crippen LogP contribution in [0.1, 0.15) is 106 Å². The van der Waals surface area contributed by atoms with Crippen molar-refractivity contribution < 1.29 is 46.8 Å². The topological polar surface area (TPSA) is 93.1 Å². The Morgan fingerprint density at radius 1 is 0.642 bits per heavy atom. The van der Waals surface area contributed by atoms with Crippen molar-refractivity contribution in [1.82, 2.24) is 0 Å². The zero-order valence-corrected chi connectivity index (χ0v) is 30.3. The van der Waals surface area contributed by atoms with E-state index in [0.717, 1.165) is 68.4 Å². The Morgan fingerprint density at radius 2 is 1.00 bits per heavy atom. The molecule has 2 aromatic carbocycles. The fraction of sp³-hybridized carbons (Fsp3) is 0.488. The molecular formula is C43H50F4O6. The van der Waals surface area contributed by atoms with Crippen LogP contribution >= 0.6 is 0 Å². The maximum absolute atomic E-state index is 13.3. The zero-order chi connectivity index (χ0) is 38.2. The van der Waals surface area contributed by atoms with Gasteiger partial charge in [-0.1, -0.05) is 106 Å². The van der Waals surface area contributed by atoms with Gasteiger partial charge in [-0.25, -0.2) is 0 Å². The molecule has 0 saturated heterocycles. The number of aliphatic carboxylic acids is 2. The van der Waals surface area contributed by atoms with Gasteiger partial charge in [0, 0.05) is 0 Å². The summed E-state index contributed by atoms with van der Waals surface area (Å²) < 4.78 is 63.1. The van der Waals surface area contributed by atoms with E-state index < -0.39 is 48.2 Å². The first kappa shape index (κ1) is 40.2. The Balaban J connectivity index is 0.000000204. The van der Waals surface area contributed by atoms with Crippen molar-refractivity contribution in [3.8, 4) is 0 Å². The SMILES string of the molecule is CC[C@H]1CC[C@H](c2ccccc2C2(OC(F)F)C=CC(C(=O)O)C=C2)CC1.C[C@H]1CC[C@H](c2ccccc2C2(OC(F)F)C=CC(C(=O)O)C=C2)CC1. The summed E-state index contributed by atoms with van der Waals surface area (Å²) in [6, 6.07) is 15.1. The fourth-order valence-electron chi connectivity index (χ4n) is 8.36. The van der Waals surface area contributed by atoms with Gasteiger partial charge in [-0.05, 0) is 109 Å². The number of hydrogen-bond acceptors (Lipinski definition) is 4. The van der Waals surface area contributed by atoms with Crippen LogP contribution in [0.4, 0.5) is 17.6 Å². The highest BCUT2D eigenvalue weighted by Gasteiger charge is 2.39. The summed E-state index contributed by atoms with van der Waals surface area (Å²) in [5.41, 5.74) is 0.537. The van der Waals surface area contributed by atoms with Gasteiger partial charge in [0.15, 0.2) is 0 Å². The Hall–Kier alpha value is -4.02. The van der Waals surface area contributed by atoms with Crippen LogP contribution in [0.15, 0.2) is 97.1 Å². The lowest BCUT2D eigenvalue weighted by atomic mass is 9.73. The molecule has 2 fully saturated rings. The van der Waals surface area contributed by atoms with Crippen molar-refractivity contribution in [3.63, 3.8) is 0 Å². The molecule has 2 aromatic rings. The maximum atomic E-state index is 13.3. The summed E-state index contributed by atoms with van der Waals surface area (Å²) >= 11 is 0. The third-order valence-corrected chi connectivity index (χ3v) is 11.4. The minimum Gasteiger partial charge on any atom is -0.481 e. The molecule has 2 saturated carbocycles. The van der Waals surface area contributed by atoms with Gasteiger partial charge >= 0.3 is 25.2 Å². The minimum atomic E-state index is -2.97. The molecule has 0 aromatic heterocycles. The molecule has 53 heavy (non-hydrogen) atoms. The molecule has 0 amide bonds. The van der Waals surface area contributed by atoms with Crippen LogP contribution in [0.2, 0.25) is 0 Å².